The van der Waals surface area contributed by atoms with Gasteiger partial charge in [-0.3, -0.25) is 4.79 Å². The summed E-state index contributed by atoms with van der Waals surface area (Å²) in [5.41, 5.74) is 6.14. The summed E-state index contributed by atoms with van der Waals surface area (Å²) in [4.78, 5) is 15.4. The van der Waals surface area contributed by atoms with Gasteiger partial charge in [0.1, 0.15) is 12.4 Å². The molecule has 2 N–H and O–H groups in total. The van der Waals surface area contributed by atoms with Crippen LogP contribution in [0.15, 0.2) is 30.7 Å². The van der Waals surface area contributed by atoms with E-state index in [0.717, 1.165) is 5.56 Å². The van der Waals surface area contributed by atoms with E-state index in [-0.39, 0.29) is 12.4 Å². The van der Waals surface area contributed by atoms with E-state index in [1.165, 1.54) is 7.11 Å². The van der Waals surface area contributed by atoms with Crippen LogP contribution in [0.25, 0.3) is 5.82 Å². The third-order valence-electron chi connectivity index (χ3n) is 2.55. The molecule has 7 nitrogen and oxygen atoms in total. The lowest BCUT2D eigenvalue weighted by atomic mass is 10.3. The second-order valence-corrected chi connectivity index (χ2v) is 4.03. The Morgan fingerprint density at radius 1 is 1.50 bits per heavy atom. The van der Waals surface area contributed by atoms with Gasteiger partial charge < -0.3 is 15.2 Å². The third kappa shape index (κ3) is 3.55. The van der Waals surface area contributed by atoms with Crippen molar-refractivity contribution in [3.63, 3.8) is 0 Å². The number of methoxy groups -OCH3 is 1. The average molecular weight is 276 g/mol. The molecule has 0 atom stereocenters. The Hall–Kier alpha value is -2.41. The Kier molecular flexibility index (Phi) is 4.67. The summed E-state index contributed by atoms with van der Waals surface area (Å²) in [5.74, 6) is 0.971. The Morgan fingerprint density at radius 3 is 3.10 bits per heavy atom. The maximum atomic E-state index is 11.2. The Bertz CT molecular complexity index is 583. The first kappa shape index (κ1) is 14.0. The van der Waals surface area contributed by atoms with Crippen LogP contribution in [0.5, 0.6) is 5.75 Å². The Labute approximate surface area is 116 Å². The molecule has 0 aliphatic carbocycles. The smallest absolute Gasteiger partial charge is 0.310 e. The van der Waals surface area contributed by atoms with Crippen molar-refractivity contribution in [2.75, 3.05) is 20.3 Å². The Morgan fingerprint density at radius 2 is 2.35 bits per heavy atom. The molecule has 0 radical (unpaired) electrons. The van der Waals surface area contributed by atoms with Crippen molar-refractivity contribution in [1.82, 2.24) is 14.8 Å². The summed E-state index contributed by atoms with van der Waals surface area (Å²) in [6.07, 6.45) is 5.14. The lowest BCUT2D eigenvalue weighted by Gasteiger charge is -2.06. The van der Waals surface area contributed by atoms with E-state index in [0.29, 0.717) is 24.7 Å². The first-order valence-electron chi connectivity index (χ1n) is 6.12. The van der Waals surface area contributed by atoms with Crippen molar-refractivity contribution >= 4 is 5.97 Å². The van der Waals surface area contributed by atoms with Gasteiger partial charge >= 0.3 is 5.97 Å². The van der Waals surface area contributed by atoms with Gasteiger partial charge in [0.2, 0.25) is 0 Å². The van der Waals surface area contributed by atoms with Gasteiger partial charge in [0.15, 0.2) is 5.82 Å². The predicted octanol–water partition coefficient (Wildman–Crippen LogP) is 0.320. The highest BCUT2D eigenvalue weighted by molar-refractivity contribution is 5.72. The number of carbonyl (C=O) groups is 1. The molecule has 0 saturated carbocycles. The number of hydrogen-bond donors (Lipinski definition) is 1. The van der Waals surface area contributed by atoms with Crippen LogP contribution >= 0.6 is 0 Å². The van der Waals surface area contributed by atoms with Gasteiger partial charge in [-0.25, -0.2) is 9.67 Å². The highest BCUT2D eigenvalue weighted by atomic mass is 16.5. The zero-order valence-corrected chi connectivity index (χ0v) is 11.2. The van der Waals surface area contributed by atoms with Crippen LogP contribution in [0.2, 0.25) is 0 Å². The van der Waals surface area contributed by atoms with Crippen LogP contribution in [0, 0.1) is 0 Å². The second kappa shape index (κ2) is 6.67. The molecule has 106 valence electrons. The van der Waals surface area contributed by atoms with Gasteiger partial charge in [0, 0.05) is 30.6 Å². The number of esters is 1. The third-order valence-corrected chi connectivity index (χ3v) is 2.55. The normalized spacial score (nSPS) is 10.3. The van der Waals surface area contributed by atoms with Crippen LogP contribution < -0.4 is 10.5 Å². The van der Waals surface area contributed by atoms with E-state index < -0.39 is 0 Å². The van der Waals surface area contributed by atoms with Crippen LogP contribution in [-0.4, -0.2) is 41.0 Å². The fraction of sp³-hybridized carbons (Fsp3) is 0.308. The minimum absolute atomic E-state index is 0.180. The topological polar surface area (TPSA) is 92.3 Å². The van der Waals surface area contributed by atoms with Crippen molar-refractivity contribution < 1.29 is 14.3 Å². The molecule has 2 aromatic rings. The van der Waals surface area contributed by atoms with Crippen molar-refractivity contribution in [3.05, 3.63) is 36.3 Å². The number of hydrogen-bond acceptors (Lipinski definition) is 6. The molecule has 0 bridgehead atoms. The number of aromatic nitrogens is 3. The first-order valence-corrected chi connectivity index (χ1v) is 6.12. The molecule has 20 heavy (non-hydrogen) atoms. The minimum atomic E-state index is -0.308. The highest BCUT2D eigenvalue weighted by Crippen LogP contribution is 2.14. The second-order valence-electron chi connectivity index (χ2n) is 4.03. The van der Waals surface area contributed by atoms with E-state index in [9.17, 15) is 4.79 Å². The molecule has 2 aromatic heterocycles. The number of nitrogens with two attached hydrogens (primary N) is 1. The number of nitrogens with zero attached hydrogens (tertiary/aromatic N) is 3. The molecule has 0 amide bonds. The van der Waals surface area contributed by atoms with Crippen molar-refractivity contribution in [2.45, 2.75) is 6.42 Å². The van der Waals surface area contributed by atoms with E-state index in [4.69, 9.17) is 10.5 Å². The van der Waals surface area contributed by atoms with E-state index in [2.05, 4.69) is 14.8 Å². The SMILES string of the molecule is COC(=O)Cc1cnn(-c2cc(OCCN)ccn2)c1. The zero-order valence-electron chi connectivity index (χ0n) is 11.2. The lowest BCUT2D eigenvalue weighted by Crippen LogP contribution is -2.11. The maximum Gasteiger partial charge on any atom is 0.310 e. The van der Waals surface area contributed by atoms with Crippen LogP contribution in [0.4, 0.5) is 0 Å². The average Bonchev–Trinajstić information content (AvgIpc) is 2.93. The molecule has 2 heterocycles. The summed E-state index contributed by atoms with van der Waals surface area (Å²) >= 11 is 0. The van der Waals surface area contributed by atoms with Crippen LogP contribution in [0.3, 0.4) is 0 Å². The van der Waals surface area contributed by atoms with Crippen molar-refractivity contribution in [3.8, 4) is 11.6 Å². The van der Waals surface area contributed by atoms with Gasteiger partial charge in [-0.2, -0.15) is 5.10 Å². The summed E-state index contributed by atoms with van der Waals surface area (Å²) < 4.78 is 11.6. The number of ether oxygens (including phenoxy) is 2. The molecule has 0 aromatic carbocycles. The van der Waals surface area contributed by atoms with Crippen molar-refractivity contribution in [1.29, 1.82) is 0 Å². The van der Waals surface area contributed by atoms with E-state index in [1.54, 1.807) is 35.4 Å². The molecule has 0 aliphatic heterocycles. The van der Waals surface area contributed by atoms with Gasteiger partial charge in [-0.15, -0.1) is 0 Å². The molecular weight excluding hydrogens is 260 g/mol. The fourth-order valence-corrected chi connectivity index (χ4v) is 1.61. The van der Waals surface area contributed by atoms with E-state index in [1.807, 2.05) is 0 Å². The Balaban J connectivity index is 2.13. The number of carbonyl (C=O) groups excluding carboxylic acids is 1. The molecular formula is C13H16N4O3. The molecule has 0 saturated heterocycles. The molecule has 0 unspecified atom stereocenters. The van der Waals surface area contributed by atoms with Gasteiger partial charge in [0.05, 0.1) is 19.7 Å². The maximum absolute atomic E-state index is 11.2. The molecule has 0 aliphatic rings. The number of pyridine rings is 1. The predicted molar refractivity (Wildman–Crippen MR) is 71.6 cm³/mol. The van der Waals surface area contributed by atoms with Gasteiger partial charge in [-0.05, 0) is 6.07 Å². The summed E-state index contributed by atoms with van der Waals surface area (Å²) in [5, 5.41) is 4.16. The molecule has 0 fully saturated rings. The largest absolute Gasteiger partial charge is 0.492 e. The lowest BCUT2D eigenvalue weighted by molar-refractivity contribution is -0.139. The summed E-state index contributed by atoms with van der Waals surface area (Å²) in [6.45, 7) is 0.888. The highest BCUT2D eigenvalue weighted by Gasteiger charge is 2.07. The molecule has 0 spiro atoms. The quantitative estimate of drug-likeness (QED) is 0.764. The van der Waals surface area contributed by atoms with Gasteiger partial charge in [0.25, 0.3) is 0 Å². The fourth-order valence-electron chi connectivity index (χ4n) is 1.61. The standard InChI is InChI=1S/C13H16N4O3/c1-19-13(18)6-10-8-16-17(9-10)12-7-11(2-4-15-12)20-5-3-14/h2,4,7-9H,3,5-6,14H2,1H3. The molecule has 2 rings (SSSR count). The number of rotatable bonds is 6. The molecule has 7 heteroatoms. The van der Waals surface area contributed by atoms with Crippen LogP contribution in [0.1, 0.15) is 5.56 Å². The first-order chi connectivity index (χ1) is 9.72. The monoisotopic (exact) mass is 276 g/mol. The van der Waals surface area contributed by atoms with E-state index >= 15 is 0 Å². The minimum Gasteiger partial charge on any atom is -0.492 e. The zero-order chi connectivity index (χ0) is 14.4. The summed E-state index contributed by atoms with van der Waals surface area (Å²) in [6, 6.07) is 3.50. The van der Waals surface area contributed by atoms with Crippen molar-refractivity contribution in [2.24, 2.45) is 5.73 Å². The van der Waals surface area contributed by atoms with Gasteiger partial charge in [-0.1, -0.05) is 0 Å². The summed E-state index contributed by atoms with van der Waals surface area (Å²) in [7, 11) is 1.35. The van der Waals surface area contributed by atoms with Crippen LogP contribution in [-0.2, 0) is 16.0 Å².